The number of H-pyrrole nitrogens is 1. The van der Waals surface area contributed by atoms with Crippen LogP contribution in [0.2, 0.25) is 0 Å². The van der Waals surface area contributed by atoms with E-state index in [0.717, 1.165) is 11.1 Å². The van der Waals surface area contributed by atoms with Crippen molar-refractivity contribution in [2.24, 2.45) is 0 Å². The van der Waals surface area contributed by atoms with Gasteiger partial charge in [0.2, 0.25) is 0 Å². The predicted octanol–water partition coefficient (Wildman–Crippen LogP) is 6.14. The van der Waals surface area contributed by atoms with Gasteiger partial charge in [-0.2, -0.15) is 0 Å². The summed E-state index contributed by atoms with van der Waals surface area (Å²) in [6, 6.07) is 12.3. The maximum atomic E-state index is 14.3. The first-order chi connectivity index (χ1) is 13.4. The highest BCUT2D eigenvalue weighted by atomic mass is 79.9. The van der Waals surface area contributed by atoms with Gasteiger partial charge in [0, 0.05) is 39.4 Å². The smallest absolute Gasteiger partial charge is 0.270 e. The Morgan fingerprint density at radius 2 is 1.89 bits per heavy atom. The fourth-order valence-corrected chi connectivity index (χ4v) is 3.33. The van der Waals surface area contributed by atoms with Crippen molar-refractivity contribution < 1.29 is 14.1 Å². The molecule has 4 aromatic rings. The van der Waals surface area contributed by atoms with Gasteiger partial charge in [-0.25, -0.2) is 9.37 Å². The van der Waals surface area contributed by atoms with Crippen LogP contribution >= 0.6 is 15.9 Å². The van der Waals surface area contributed by atoms with Crippen molar-refractivity contribution >= 4 is 32.7 Å². The van der Waals surface area contributed by atoms with E-state index in [4.69, 9.17) is 4.74 Å². The summed E-state index contributed by atoms with van der Waals surface area (Å²) < 4.78 is 20.7. The molecule has 28 heavy (non-hydrogen) atoms. The first kappa shape index (κ1) is 18.1. The molecule has 4 rings (SSSR count). The summed E-state index contributed by atoms with van der Waals surface area (Å²) in [4.78, 5) is 18.3. The second-order valence-corrected chi connectivity index (χ2v) is 7.08. The molecule has 0 fully saturated rings. The van der Waals surface area contributed by atoms with Crippen molar-refractivity contribution in [1.82, 2.24) is 9.97 Å². The van der Waals surface area contributed by atoms with Crippen molar-refractivity contribution in [1.29, 1.82) is 0 Å². The lowest BCUT2D eigenvalue weighted by Crippen LogP contribution is -1.95. The molecule has 0 amide bonds. The summed E-state index contributed by atoms with van der Waals surface area (Å²) in [5.74, 6) is -0.217. The Morgan fingerprint density at radius 3 is 2.64 bits per heavy atom. The Labute approximate surface area is 167 Å². The number of aromatic amines is 1. The lowest BCUT2D eigenvalue weighted by molar-refractivity contribution is -0.384. The number of nitro benzene ring substituents is 1. The number of aromatic nitrogens is 2. The molecule has 0 bridgehead atoms. The molecule has 140 valence electrons. The van der Waals surface area contributed by atoms with Crippen LogP contribution in [-0.4, -0.2) is 14.9 Å². The number of ether oxygens (including phenoxy) is 1. The van der Waals surface area contributed by atoms with Gasteiger partial charge in [-0.15, -0.1) is 0 Å². The second-order valence-electron chi connectivity index (χ2n) is 6.17. The molecular formula is C20H13BrFN3O3. The molecule has 0 radical (unpaired) electrons. The van der Waals surface area contributed by atoms with E-state index >= 15 is 0 Å². The first-order valence-electron chi connectivity index (χ1n) is 8.29. The molecule has 1 N–H and O–H groups in total. The van der Waals surface area contributed by atoms with Crippen molar-refractivity contribution in [3.8, 4) is 22.6 Å². The van der Waals surface area contributed by atoms with Crippen LogP contribution in [-0.2, 0) is 0 Å². The van der Waals surface area contributed by atoms with Crippen LogP contribution in [0.1, 0.15) is 5.69 Å². The third-order valence-corrected chi connectivity index (χ3v) is 4.73. The molecule has 0 aliphatic heterocycles. The van der Waals surface area contributed by atoms with E-state index in [2.05, 4.69) is 25.9 Å². The molecule has 0 aliphatic rings. The Hall–Kier alpha value is -3.26. The summed E-state index contributed by atoms with van der Waals surface area (Å²) in [6.07, 6.45) is 1.74. The third-order valence-electron chi connectivity index (χ3n) is 4.23. The van der Waals surface area contributed by atoms with Gasteiger partial charge in [0.25, 0.3) is 5.69 Å². The van der Waals surface area contributed by atoms with Crippen LogP contribution in [0.25, 0.3) is 22.2 Å². The topological polar surface area (TPSA) is 81.0 Å². The van der Waals surface area contributed by atoms with Gasteiger partial charge in [-0.1, -0.05) is 15.9 Å². The number of halogens is 2. The van der Waals surface area contributed by atoms with Gasteiger partial charge in [-0.3, -0.25) is 10.1 Å². The van der Waals surface area contributed by atoms with Gasteiger partial charge < -0.3 is 9.72 Å². The van der Waals surface area contributed by atoms with E-state index in [9.17, 15) is 14.5 Å². The van der Waals surface area contributed by atoms with Crippen LogP contribution < -0.4 is 4.74 Å². The molecule has 0 aliphatic carbocycles. The largest absolute Gasteiger partial charge is 0.454 e. The van der Waals surface area contributed by atoms with E-state index in [0.29, 0.717) is 27.0 Å². The number of aryl methyl sites for hydroxylation is 1. The van der Waals surface area contributed by atoms with E-state index in [1.54, 1.807) is 12.3 Å². The summed E-state index contributed by atoms with van der Waals surface area (Å²) in [7, 11) is 0. The van der Waals surface area contributed by atoms with Gasteiger partial charge in [0.15, 0.2) is 11.6 Å². The zero-order valence-corrected chi connectivity index (χ0v) is 16.2. The maximum absolute atomic E-state index is 14.3. The monoisotopic (exact) mass is 441 g/mol. The molecule has 0 unspecified atom stereocenters. The Morgan fingerprint density at radius 1 is 1.11 bits per heavy atom. The van der Waals surface area contributed by atoms with Crippen LogP contribution in [0, 0.1) is 22.9 Å². The molecule has 0 atom stereocenters. The van der Waals surface area contributed by atoms with Crippen molar-refractivity contribution in [2.75, 3.05) is 0 Å². The van der Waals surface area contributed by atoms with Crippen LogP contribution in [0.4, 0.5) is 10.1 Å². The minimum atomic E-state index is -0.545. The number of nitro groups is 1. The fourth-order valence-electron chi connectivity index (χ4n) is 3.00. The van der Waals surface area contributed by atoms with Gasteiger partial charge >= 0.3 is 0 Å². The molecule has 2 aromatic carbocycles. The highest BCUT2D eigenvalue weighted by Gasteiger charge is 2.18. The highest BCUT2D eigenvalue weighted by Crippen LogP contribution is 2.40. The second kappa shape index (κ2) is 7.05. The number of benzene rings is 2. The summed E-state index contributed by atoms with van der Waals surface area (Å²) in [5.41, 5.74) is 2.49. The van der Waals surface area contributed by atoms with Crippen molar-refractivity contribution in [3.63, 3.8) is 0 Å². The van der Waals surface area contributed by atoms with Crippen LogP contribution in [0.5, 0.6) is 11.5 Å². The highest BCUT2D eigenvalue weighted by molar-refractivity contribution is 9.10. The van der Waals surface area contributed by atoms with Crippen molar-refractivity contribution in [3.05, 3.63) is 80.8 Å². The number of hydrogen-bond acceptors (Lipinski definition) is 4. The Balaban J connectivity index is 1.92. The Bertz CT molecular complexity index is 1220. The van der Waals surface area contributed by atoms with E-state index in [1.165, 1.54) is 30.3 Å². The normalized spacial score (nSPS) is 11.0. The lowest BCUT2D eigenvalue weighted by atomic mass is 10.0. The minimum absolute atomic E-state index is 0.0226. The molecule has 2 heterocycles. The minimum Gasteiger partial charge on any atom is -0.454 e. The number of non-ortho nitro benzene ring substituents is 1. The van der Waals surface area contributed by atoms with Crippen LogP contribution in [0.15, 0.2) is 59.2 Å². The average molecular weight is 442 g/mol. The van der Waals surface area contributed by atoms with Crippen molar-refractivity contribution in [2.45, 2.75) is 6.92 Å². The van der Waals surface area contributed by atoms with Gasteiger partial charge in [0.05, 0.1) is 4.92 Å². The predicted molar refractivity (Wildman–Crippen MR) is 107 cm³/mol. The first-order valence-corrected chi connectivity index (χ1v) is 9.08. The fraction of sp³-hybridized carbons (Fsp3) is 0.0500. The zero-order chi connectivity index (χ0) is 19.8. The molecular weight excluding hydrogens is 429 g/mol. The SMILES string of the molecule is Cc1cc(-c2cc([N+](=O)[O-])ccc2Oc2ccc(Br)cc2F)c2cc[nH]c2n1. The number of rotatable bonds is 4. The molecule has 0 saturated carbocycles. The maximum Gasteiger partial charge on any atom is 0.270 e. The third kappa shape index (κ3) is 3.34. The molecule has 2 aromatic heterocycles. The standard InChI is InChI=1S/C20H13BrFN3O3/c1-11-8-15(14-6-7-23-20(14)24-11)16-10-13(25(26)27)3-5-18(16)28-19-4-2-12(21)9-17(19)22/h2-10H,1H3,(H,23,24). The van der Waals surface area contributed by atoms with E-state index < -0.39 is 10.7 Å². The van der Waals surface area contributed by atoms with E-state index in [-0.39, 0.29) is 11.4 Å². The number of pyridine rings is 1. The van der Waals surface area contributed by atoms with Crippen LogP contribution in [0.3, 0.4) is 0 Å². The van der Waals surface area contributed by atoms with Gasteiger partial charge in [-0.05, 0) is 48.9 Å². The molecule has 0 saturated heterocycles. The summed E-state index contributed by atoms with van der Waals surface area (Å²) in [5, 5.41) is 12.1. The number of fused-ring (bicyclic) bond motifs is 1. The lowest BCUT2D eigenvalue weighted by Gasteiger charge is -2.13. The molecule has 0 spiro atoms. The number of nitrogens with one attached hydrogen (secondary N) is 1. The Kier molecular flexibility index (Phi) is 4.56. The molecule has 6 nitrogen and oxygen atoms in total. The quantitative estimate of drug-likeness (QED) is 0.304. The van der Waals surface area contributed by atoms with E-state index in [1.807, 2.05) is 19.1 Å². The zero-order valence-electron chi connectivity index (χ0n) is 14.6. The molecule has 8 heteroatoms. The summed E-state index contributed by atoms with van der Waals surface area (Å²) >= 11 is 3.21. The number of nitrogens with zero attached hydrogens (tertiary/aromatic N) is 2. The number of hydrogen-bond donors (Lipinski definition) is 1. The average Bonchev–Trinajstić information content (AvgIpc) is 3.11. The summed E-state index contributed by atoms with van der Waals surface area (Å²) in [6.45, 7) is 1.83. The van der Waals surface area contributed by atoms with Gasteiger partial charge in [0.1, 0.15) is 11.4 Å².